The molecule has 1 aromatic rings. The van der Waals surface area contributed by atoms with Crippen molar-refractivity contribution < 1.29 is 19.4 Å². The highest BCUT2D eigenvalue weighted by molar-refractivity contribution is 6.01. The van der Waals surface area contributed by atoms with E-state index in [0.29, 0.717) is 12.0 Å². The van der Waals surface area contributed by atoms with Crippen LogP contribution in [0.25, 0.3) is 0 Å². The van der Waals surface area contributed by atoms with Gasteiger partial charge in [0.1, 0.15) is 0 Å². The standard InChI is InChI=1S/C16H23NO4/c1-3-13(11-18)17-14(10-15(19)21-4-2)16(20)12-8-6-5-7-9-12/h5-9,13-14,17-18H,3-4,10-11H2,1-2H3. The second-order valence-electron chi connectivity index (χ2n) is 4.75. The van der Waals surface area contributed by atoms with E-state index in [2.05, 4.69) is 5.32 Å². The monoisotopic (exact) mass is 293 g/mol. The van der Waals surface area contributed by atoms with E-state index in [1.807, 2.05) is 13.0 Å². The van der Waals surface area contributed by atoms with Gasteiger partial charge in [-0.15, -0.1) is 0 Å². The number of ketones is 1. The Morgan fingerprint density at radius 3 is 2.43 bits per heavy atom. The minimum Gasteiger partial charge on any atom is -0.466 e. The van der Waals surface area contributed by atoms with Crippen LogP contribution in [0.1, 0.15) is 37.0 Å². The average molecular weight is 293 g/mol. The van der Waals surface area contributed by atoms with Gasteiger partial charge in [0, 0.05) is 11.6 Å². The first-order valence-electron chi connectivity index (χ1n) is 7.24. The van der Waals surface area contributed by atoms with Crippen LogP contribution in [0.5, 0.6) is 0 Å². The summed E-state index contributed by atoms with van der Waals surface area (Å²) in [4.78, 5) is 24.2. The highest BCUT2D eigenvalue weighted by atomic mass is 16.5. The van der Waals surface area contributed by atoms with Gasteiger partial charge in [0.15, 0.2) is 5.78 Å². The molecule has 0 aliphatic heterocycles. The zero-order valence-corrected chi connectivity index (χ0v) is 12.5. The lowest BCUT2D eigenvalue weighted by atomic mass is 10.0. The third kappa shape index (κ3) is 5.65. The summed E-state index contributed by atoms with van der Waals surface area (Å²) in [7, 11) is 0. The second kappa shape index (κ2) is 9.26. The SMILES string of the molecule is CCOC(=O)CC(NC(CC)CO)C(=O)c1ccccc1. The molecule has 0 aliphatic rings. The van der Waals surface area contributed by atoms with Gasteiger partial charge >= 0.3 is 5.97 Å². The Morgan fingerprint density at radius 2 is 1.90 bits per heavy atom. The summed E-state index contributed by atoms with van der Waals surface area (Å²) in [5.74, 6) is -0.595. The molecule has 21 heavy (non-hydrogen) atoms. The van der Waals surface area contributed by atoms with Gasteiger partial charge in [-0.05, 0) is 13.3 Å². The Bertz CT molecular complexity index is 443. The molecule has 0 radical (unpaired) electrons. The topological polar surface area (TPSA) is 75.6 Å². The van der Waals surface area contributed by atoms with Crippen molar-refractivity contribution in [3.05, 3.63) is 35.9 Å². The Labute approximate surface area is 125 Å². The van der Waals surface area contributed by atoms with Gasteiger partial charge in [-0.25, -0.2) is 0 Å². The van der Waals surface area contributed by atoms with E-state index < -0.39 is 12.0 Å². The minimum atomic E-state index is -0.691. The number of nitrogens with one attached hydrogen (secondary N) is 1. The van der Waals surface area contributed by atoms with Gasteiger partial charge in [0.25, 0.3) is 0 Å². The first-order chi connectivity index (χ1) is 10.1. The molecule has 5 heteroatoms. The summed E-state index contributed by atoms with van der Waals surface area (Å²) in [6.07, 6.45) is 0.621. The lowest BCUT2D eigenvalue weighted by Gasteiger charge is -2.22. The maximum atomic E-state index is 12.5. The number of carbonyl (C=O) groups excluding carboxylic acids is 2. The quantitative estimate of drug-likeness (QED) is 0.534. The Morgan fingerprint density at radius 1 is 1.24 bits per heavy atom. The molecular formula is C16H23NO4. The molecule has 0 aliphatic carbocycles. The van der Waals surface area contributed by atoms with E-state index in [1.54, 1.807) is 31.2 Å². The van der Waals surface area contributed by atoms with Gasteiger partial charge in [-0.2, -0.15) is 0 Å². The van der Waals surface area contributed by atoms with Gasteiger partial charge in [-0.3, -0.25) is 9.59 Å². The van der Waals surface area contributed by atoms with Crippen LogP contribution in [0.15, 0.2) is 30.3 Å². The molecule has 0 aromatic heterocycles. The third-order valence-corrected chi connectivity index (χ3v) is 3.20. The van der Waals surface area contributed by atoms with Crippen molar-refractivity contribution in [3.63, 3.8) is 0 Å². The fourth-order valence-electron chi connectivity index (χ4n) is 2.00. The predicted octanol–water partition coefficient (Wildman–Crippen LogP) is 1.55. The Kier molecular flexibility index (Phi) is 7.64. The zero-order valence-electron chi connectivity index (χ0n) is 12.5. The van der Waals surface area contributed by atoms with Crippen LogP contribution in [-0.2, 0) is 9.53 Å². The number of ether oxygens (including phenoxy) is 1. The molecule has 2 unspecified atom stereocenters. The van der Waals surface area contributed by atoms with E-state index in [4.69, 9.17) is 4.74 Å². The molecule has 0 bridgehead atoms. The molecule has 2 N–H and O–H groups in total. The summed E-state index contributed by atoms with van der Waals surface area (Å²) in [5, 5.41) is 12.3. The van der Waals surface area contributed by atoms with Crippen molar-refractivity contribution in [2.24, 2.45) is 0 Å². The molecule has 0 spiro atoms. The average Bonchev–Trinajstić information content (AvgIpc) is 2.51. The highest BCUT2D eigenvalue weighted by Gasteiger charge is 2.25. The van der Waals surface area contributed by atoms with Crippen LogP contribution in [-0.4, -0.2) is 42.2 Å². The number of hydrogen-bond donors (Lipinski definition) is 2. The van der Waals surface area contributed by atoms with E-state index >= 15 is 0 Å². The first kappa shape index (κ1) is 17.3. The van der Waals surface area contributed by atoms with Crippen LogP contribution in [0, 0.1) is 0 Å². The number of aliphatic hydroxyl groups is 1. The smallest absolute Gasteiger partial charge is 0.307 e. The van der Waals surface area contributed by atoms with Crippen molar-refractivity contribution in [1.82, 2.24) is 5.32 Å². The van der Waals surface area contributed by atoms with E-state index in [-0.39, 0.29) is 31.5 Å². The lowest BCUT2D eigenvalue weighted by Crippen LogP contribution is -2.46. The lowest BCUT2D eigenvalue weighted by molar-refractivity contribution is -0.143. The number of esters is 1. The predicted molar refractivity (Wildman–Crippen MR) is 80.1 cm³/mol. The van der Waals surface area contributed by atoms with E-state index in [1.165, 1.54) is 0 Å². The van der Waals surface area contributed by atoms with Crippen LogP contribution in [0.4, 0.5) is 0 Å². The molecule has 0 amide bonds. The molecule has 0 saturated heterocycles. The summed E-state index contributed by atoms with van der Waals surface area (Å²) >= 11 is 0. The van der Waals surface area contributed by atoms with Crippen LogP contribution in [0.2, 0.25) is 0 Å². The van der Waals surface area contributed by atoms with Gasteiger partial charge < -0.3 is 15.2 Å². The third-order valence-electron chi connectivity index (χ3n) is 3.20. The fourth-order valence-corrected chi connectivity index (χ4v) is 2.00. The normalized spacial score (nSPS) is 13.5. The molecule has 0 saturated carbocycles. The molecule has 0 heterocycles. The maximum absolute atomic E-state index is 12.5. The van der Waals surface area contributed by atoms with Crippen molar-refractivity contribution in [1.29, 1.82) is 0 Å². The van der Waals surface area contributed by atoms with Gasteiger partial charge in [0.05, 0.1) is 25.7 Å². The fraction of sp³-hybridized carbons (Fsp3) is 0.500. The summed E-state index contributed by atoms with van der Waals surface area (Å²) in [6, 6.07) is 7.88. The summed E-state index contributed by atoms with van der Waals surface area (Å²) < 4.78 is 4.91. The number of benzene rings is 1. The number of carbonyl (C=O) groups is 2. The number of aliphatic hydroxyl groups excluding tert-OH is 1. The van der Waals surface area contributed by atoms with Crippen molar-refractivity contribution in [2.45, 2.75) is 38.8 Å². The molecule has 116 valence electrons. The number of hydrogen-bond acceptors (Lipinski definition) is 5. The minimum absolute atomic E-state index is 0.0436. The zero-order chi connectivity index (χ0) is 15.7. The summed E-state index contributed by atoms with van der Waals surface area (Å²) in [6.45, 7) is 3.82. The maximum Gasteiger partial charge on any atom is 0.307 e. The molecule has 5 nitrogen and oxygen atoms in total. The van der Waals surface area contributed by atoms with Crippen molar-refractivity contribution in [3.8, 4) is 0 Å². The molecule has 1 rings (SSSR count). The van der Waals surface area contributed by atoms with Crippen molar-refractivity contribution in [2.75, 3.05) is 13.2 Å². The molecule has 0 fully saturated rings. The van der Waals surface area contributed by atoms with Crippen molar-refractivity contribution >= 4 is 11.8 Å². The summed E-state index contributed by atoms with van der Waals surface area (Å²) in [5.41, 5.74) is 0.534. The molecular weight excluding hydrogens is 270 g/mol. The molecule has 2 atom stereocenters. The Balaban J connectivity index is 2.84. The van der Waals surface area contributed by atoms with Gasteiger partial charge in [0.2, 0.25) is 0 Å². The highest BCUT2D eigenvalue weighted by Crippen LogP contribution is 2.09. The Hall–Kier alpha value is -1.72. The largest absolute Gasteiger partial charge is 0.466 e. The number of rotatable bonds is 9. The number of Topliss-reactive ketones (excluding diaryl/α,β-unsaturated/α-hetero) is 1. The molecule has 1 aromatic carbocycles. The van der Waals surface area contributed by atoms with E-state index in [9.17, 15) is 14.7 Å². The van der Waals surface area contributed by atoms with Crippen LogP contribution >= 0.6 is 0 Å². The first-order valence-corrected chi connectivity index (χ1v) is 7.24. The van der Waals surface area contributed by atoms with Crippen LogP contribution < -0.4 is 5.32 Å². The van der Waals surface area contributed by atoms with Crippen LogP contribution in [0.3, 0.4) is 0 Å². The van der Waals surface area contributed by atoms with Gasteiger partial charge in [-0.1, -0.05) is 37.3 Å². The van der Waals surface area contributed by atoms with E-state index in [0.717, 1.165) is 0 Å². The second-order valence-corrected chi connectivity index (χ2v) is 4.75.